The summed E-state index contributed by atoms with van der Waals surface area (Å²) < 4.78 is 4.96. The van der Waals surface area contributed by atoms with Gasteiger partial charge in [-0.05, 0) is 49.6 Å². The first-order valence-electron chi connectivity index (χ1n) is 8.12. The van der Waals surface area contributed by atoms with E-state index in [9.17, 15) is 4.79 Å². The molecule has 5 nitrogen and oxygen atoms in total. The summed E-state index contributed by atoms with van der Waals surface area (Å²) in [6.07, 6.45) is 4.33. The molecule has 5 heteroatoms. The molecule has 0 saturated carbocycles. The molecule has 0 fully saturated rings. The van der Waals surface area contributed by atoms with Crippen molar-refractivity contribution in [1.82, 2.24) is 10.3 Å². The lowest BCUT2D eigenvalue weighted by atomic mass is 9.91. The summed E-state index contributed by atoms with van der Waals surface area (Å²) in [6.45, 7) is 6.87. The number of aryl methyl sites for hydroxylation is 1. The van der Waals surface area contributed by atoms with E-state index < -0.39 is 6.09 Å². The molecule has 23 heavy (non-hydrogen) atoms. The number of fused-ring (bicyclic) bond motifs is 3. The highest BCUT2D eigenvalue weighted by Gasteiger charge is 2.22. The highest BCUT2D eigenvalue weighted by Crippen LogP contribution is 2.31. The average Bonchev–Trinajstić information content (AvgIpc) is 2.91. The molecule has 3 N–H and O–H groups in total. The first kappa shape index (κ1) is 15.6. The maximum absolute atomic E-state index is 11.7. The molecule has 1 aromatic carbocycles. The lowest BCUT2D eigenvalue weighted by Gasteiger charge is -2.23. The number of hydrogen-bond acceptors (Lipinski definition) is 3. The first-order valence-corrected chi connectivity index (χ1v) is 8.12. The third-order valence-electron chi connectivity index (χ3n) is 4.26. The number of hydrogen-bond donors (Lipinski definition) is 3. The van der Waals surface area contributed by atoms with E-state index >= 15 is 0 Å². The molecule has 3 rings (SSSR count). The van der Waals surface area contributed by atoms with Crippen LogP contribution in [0.4, 0.5) is 10.5 Å². The Kier molecular flexibility index (Phi) is 4.67. The van der Waals surface area contributed by atoms with Crippen LogP contribution in [0.3, 0.4) is 0 Å². The van der Waals surface area contributed by atoms with Gasteiger partial charge in [0.2, 0.25) is 0 Å². The fourth-order valence-electron chi connectivity index (χ4n) is 3.25. The van der Waals surface area contributed by atoms with Crippen LogP contribution in [0.25, 0.3) is 10.9 Å². The summed E-state index contributed by atoms with van der Waals surface area (Å²) in [7, 11) is 0. The summed E-state index contributed by atoms with van der Waals surface area (Å²) in [6, 6.07) is 6.45. The zero-order valence-corrected chi connectivity index (χ0v) is 13.4. The van der Waals surface area contributed by atoms with E-state index in [4.69, 9.17) is 4.74 Å². The van der Waals surface area contributed by atoms with Crippen molar-refractivity contribution in [2.75, 3.05) is 18.5 Å². The van der Waals surface area contributed by atoms with Gasteiger partial charge in [0.15, 0.2) is 0 Å². The standard InChI is InChI=1S/C18H23N3O2/c1-3-9-23-18(22)20-13-6-8-17-15(11-13)14-10-12(19-4-2)5-7-16(14)21-17/h3,6,8,11-12,19,21H,1,4-5,7,9-10H2,2H3,(H,20,22). The molecule has 0 aliphatic heterocycles. The molecule has 0 saturated heterocycles. The Morgan fingerprint density at radius 1 is 1.52 bits per heavy atom. The molecule has 1 aliphatic carbocycles. The van der Waals surface area contributed by atoms with Gasteiger partial charge in [-0.2, -0.15) is 0 Å². The molecular formula is C18H23N3O2. The van der Waals surface area contributed by atoms with Crippen molar-refractivity contribution in [2.24, 2.45) is 0 Å². The predicted octanol–water partition coefficient (Wildman–Crippen LogP) is 3.37. The minimum absolute atomic E-state index is 0.206. The number of ether oxygens (including phenoxy) is 1. The number of carbonyl (C=O) groups is 1. The number of anilines is 1. The van der Waals surface area contributed by atoms with Crippen molar-refractivity contribution >= 4 is 22.7 Å². The zero-order valence-electron chi connectivity index (χ0n) is 13.4. The molecule has 1 unspecified atom stereocenters. The van der Waals surface area contributed by atoms with Gasteiger partial charge in [0, 0.05) is 28.3 Å². The van der Waals surface area contributed by atoms with Gasteiger partial charge in [-0.15, -0.1) is 0 Å². The van der Waals surface area contributed by atoms with E-state index in [0.717, 1.165) is 37.0 Å². The fourth-order valence-corrected chi connectivity index (χ4v) is 3.25. The Labute approximate surface area is 136 Å². The van der Waals surface area contributed by atoms with E-state index in [-0.39, 0.29) is 6.61 Å². The van der Waals surface area contributed by atoms with E-state index in [0.29, 0.717) is 6.04 Å². The Morgan fingerprint density at radius 3 is 3.17 bits per heavy atom. The number of benzene rings is 1. The van der Waals surface area contributed by atoms with Gasteiger partial charge in [0.25, 0.3) is 0 Å². The lowest BCUT2D eigenvalue weighted by Crippen LogP contribution is -2.34. The molecular weight excluding hydrogens is 290 g/mol. The number of nitrogens with one attached hydrogen (secondary N) is 3. The van der Waals surface area contributed by atoms with Crippen molar-refractivity contribution in [3.8, 4) is 0 Å². The number of aromatic amines is 1. The van der Waals surface area contributed by atoms with E-state index in [1.165, 1.54) is 16.6 Å². The van der Waals surface area contributed by atoms with Crippen LogP contribution < -0.4 is 10.6 Å². The van der Waals surface area contributed by atoms with Crippen LogP contribution >= 0.6 is 0 Å². The minimum atomic E-state index is -0.459. The predicted molar refractivity (Wildman–Crippen MR) is 93.0 cm³/mol. The maximum atomic E-state index is 11.7. The van der Waals surface area contributed by atoms with Crippen LogP contribution in [-0.2, 0) is 17.6 Å². The maximum Gasteiger partial charge on any atom is 0.411 e. The number of carbonyl (C=O) groups excluding carboxylic acids is 1. The number of likely N-dealkylation sites (N-methyl/N-ethyl adjacent to an activating group) is 1. The largest absolute Gasteiger partial charge is 0.445 e. The molecule has 1 atom stereocenters. The molecule has 1 aromatic heterocycles. The van der Waals surface area contributed by atoms with Crippen molar-refractivity contribution in [3.05, 3.63) is 42.1 Å². The highest BCUT2D eigenvalue weighted by atomic mass is 16.5. The number of aromatic nitrogens is 1. The van der Waals surface area contributed by atoms with Gasteiger partial charge in [0.05, 0.1) is 0 Å². The Balaban J connectivity index is 1.83. The summed E-state index contributed by atoms with van der Waals surface area (Å²) in [5.74, 6) is 0. The van der Waals surface area contributed by atoms with Gasteiger partial charge < -0.3 is 15.0 Å². The van der Waals surface area contributed by atoms with Gasteiger partial charge in [-0.25, -0.2) is 4.79 Å². The molecule has 0 radical (unpaired) electrons. The second-order valence-corrected chi connectivity index (χ2v) is 5.85. The second-order valence-electron chi connectivity index (χ2n) is 5.85. The van der Waals surface area contributed by atoms with Crippen molar-refractivity contribution < 1.29 is 9.53 Å². The van der Waals surface area contributed by atoms with Crippen LogP contribution in [0, 0.1) is 0 Å². The summed E-state index contributed by atoms with van der Waals surface area (Å²) in [5, 5.41) is 7.48. The molecule has 0 bridgehead atoms. The van der Waals surface area contributed by atoms with Crippen molar-refractivity contribution in [3.63, 3.8) is 0 Å². The minimum Gasteiger partial charge on any atom is -0.445 e. The molecule has 122 valence electrons. The normalized spacial score (nSPS) is 16.8. The molecule has 1 heterocycles. The van der Waals surface area contributed by atoms with E-state index in [1.807, 2.05) is 18.2 Å². The monoisotopic (exact) mass is 313 g/mol. The van der Waals surface area contributed by atoms with Crippen molar-refractivity contribution in [1.29, 1.82) is 0 Å². The van der Waals surface area contributed by atoms with E-state index in [1.54, 1.807) is 6.08 Å². The third kappa shape index (κ3) is 3.40. The van der Waals surface area contributed by atoms with E-state index in [2.05, 4.69) is 29.1 Å². The van der Waals surface area contributed by atoms with Gasteiger partial charge in [-0.3, -0.25) is 5.32 Å². The quantitative estimate of drug-likeness (QED) is 0.742. The Bertz CT molecular complexity index is 720. The zero-order chi connectivity index (χ0) is 16.2. The third-order valence-corrected chi connectivity index (χ3v) is 4.26. The topological polar surface area (TPSA) is 66.1 Å². The molecule has 0 spiro atoms. The summed E-state index contributed by atoms with van der Waals surface area (Å²) in [5.41, 5.74) is 4.55. The number of H-pyrrole nitrogens is 1. The van der Waals surface area contributed by atoms with Gasteiger partial charge in [-0.1, -0.05) is 19.6 Å². The summed E-state index contributed by atoms with van der Waals surface area (Å²) in [4.78, 5) is 15.2. The average molecular weight is 313 g/mol. The molecule has 1 amide bonds. The smallest absolute Gasteiger partial charge is 0.411 e. The van der Waals surface area contributed by atoms with Crippen LogP contribution in [0.2, 0.25) is 0 Å². The number of amides is 1. The van der Waals surface area contributed by atoms with Crippen LogP contribution in [0.1, 0.15) is 24.6 Å². The molecule has 2 aromatic rings. The van der Waals surface area contributed by atoms with Gasteiger partial charge >= 0.3 is 6.09 Å². The first-order chi connectivity index (χ1) is 11.2. The second kappa shape index (κ2) is 6.87. The van der Waals surface area contributed by atoms with Crippen LogP contribution in [0.5, 0.6) is 0 Å². The highest BCUT2D eigenvalue weighted by molar-refractivity contribution is 5.92. The fraction of sp³-hybridized carbons (Fsp3) is 0.389. The van der Waals surface area contributed by atoms with Crippen LogP contribution in [-0.4, -0.2) is 30.3 Å². The number of rotatable bonds is 5. The van der Waals surface area contributed by atoms with Crippen LogP contribution in [0.15, 0.2) is 30.9 Å². The Morgan fingerprint density at radius 2 is 2.39 bits per heavy atom. The van der Waals surface area contributed by atoms with Gasteiger partial charge in [0.1, 0.15) is 6.61 Å². The Hall–Kier alpha value is -2.27. The SMILES string of the molecule is C=CCOC(=O)Nc1ccc2[nH]c3c(c2c1)CC(NCC)CC3. The van der Waals surface area contributed by atoms with Crippen molar-refractivity contribution in [2.45, 2.75) is 32.2 Å². The lowest BCUT2D eigenvalue weighted by molar-refractivity contribution is 0.174. The molecule has 1 aliphatic rings. The summed E-state index contributed by atoms with van der Waals surface area (Å²) >= 11 is 0.